The molecule has 0 aromatic carbocycles. The van der Waals surface area contributed by atoms with Crippen LogP contribution < -0.4 is 5.56 Å². The number of rotatable bonds is 1. The molecule has 64 valence electrons. The molecule has 0 atom stereocenters. The summed E-state index contributed by atoms with van der Waals surface area (Å²) in [5.41, 5.74) is -0.131. The molecule has 0 spiro atoms. The highest BCUT2D eigenvalue weighted by molar-refractivity contribution is 5.88. The summed E-state index contributed by atoms with van der Waals surface area (Å²) >= 11 is 0. The van der Waals surface area contributed by atoms with Gasteiger partial charge in [0.25, 0.3) is 5.56 Å². The Hall–Kier alpha value is -1.58. The van der Waals surface area contributed by atoms with E-state index in [1.54, 1.807) is 19.2 Å². The van der Waals surface area contributed by atoms with Crippen molar-refractivity contribution in [2.24, 2.45) is 7.05 Å². The van der Waals surface area contributed by atoms with E-state index in [2.05, 4.69) is 0 Å². The third-order valence-electron chi connectivity index (χ3n) is 1.69. The Balaban J connectivity index is 3.55. The summed E-state index contributed by atoms with van der Waals surface area (Å²) in [5, 5.41) is 8.66. The Kier molecular flexibility index (Phi) is 1.99. The van der Waals surface area contributed by atoms with Crippen LogP contribution in [0.4, 0.5) is 0 Å². The lowest BCUT2D eigenvalue weighted by Gasteiger charge is -2.01. The summed E-state index contributed by atoms with van der Waals surface area (Å²) < 4.78 is 1.25. The first kappa shape index (κ1) is 8.52. The number of aryl methyl sites for hydroxylation is 2. The number of pyridine rings is 1. The molecule has 0 bridgehead atoms. The van der Waals surface area contributed by atoms with E-state index in [-0.39, 0.29) is 5.56 Å². The number of hydrogen-bond acceptors (Lipinski definition) is 2. The van der Waals surface area contributed by atoms with Gasteiger partial charge in [-0.2, -0.15) is 0 Å². The lowest BCUT2D eigenvalue weighted by molar-refractivity contribution is 0.0693. The average Bonchev–Trinajstić information content (AvgIpc) is 1.97. The molecule has 1 N–H and O–H groups in total. The van der Waals surface area contributed by atoms with E-state index in [4.69, 9.17) is 5.11 Å². The van der Waals surface area contributed by atoms with Crippen molar-refractivity contribution in [2.75, 3.05) is 0 Å². The minimum Gasteiger partial charge on any atom is -0.477 e. The molecule has 4 heteroatoms. The standard InChI is InChI=1S/C8H9NO3/c1-5-3-4-9(2)7(10)6(5)8(11)12/h3-4H,1-2H3,(H,11,12). The van der Waals surface area contributed by atoms with Gasteiger partial charge in [0.05, 0.1) is 0 Å². The van der Waals surface area contributed by atoms with Crippen molar-refractivity contribution in [3.05, 3.63) is 33.7 Å². The fourth-order valence-corrected chi connectivity index (χ4v) is 0.980. The van der Waals surface area contributed by atoms with Crippen LogP contribution in [0.15, 0.2) is 17.1 Å². The topological polar surface area (TPSA) is 59.3 Å². The van der Waals surface area contributed by atoms with Crippen LogP contribution in [0, 0.1) is 6.92 Å². The highest BCUT2D eigenvalue weighted by atomic mass is 16.4. The predicted octanol–water partition coefficient (Wildman–Crippen LogP) is 0.392. The highest BCUT2D eigenvalue weighted by Crippen LogP contribution is 2.00. The largest absolute Gasteiger partial charge is 0.477 e. The van der Waals surface area contributed by atoms with E-state index in [1.165, 1.54) is 11.6 Å². The van der Waals surface area contributed by atoms with Crippen molar-refractivity contribution in [3.63, 3.8) is 0 Å². The monoisotopic (exact) mass is 167 g/mol. The first-order chi connectivity index (χ1) is 5.54. The second-order valence-electron chi connectivity index (χ2n) is 2.59. The number of nitrogens with zero attached hydrogens (tertiary/aromatic N) is 1. The van der Waals surface area contributed by atoms with E-state index in [9.17, 15) is 9.59 Å². The number of carbonyl (C=O) groups is 1. The molecule has 0 saturated carbocycles. The minimum atomic E-state index is -1.17. The Morgan fingerprint density at radius 3 is 2.58 bits per heavy atom. The predicted molar refractivity (Wildman–Crippen MR) is 43.4 cm³/mol. The van der Waals surface area contributed by atoms with Gasteiger partial charge in [0.2, 0.25) is 0 Å². The van der Waals surface area contributed by atoms with Crippen molar-refractivity contribution in [2.45, 2.75) is 6.92 Å². The van der Waals surface area contributed by atoms with Gasteiger partial charge in [-0.15, -0.1) is 0 Å². The van der Waals surface area contributed by atoms with E-state index in [1.807, 2.05) is 0 Å². The lowest BCUT2D eigenvalue weighted by Crippen LogP contribution is -2.24. The summed E-state index contributed by atoms with van der Waals surface area (Å²) in [6, 6.07) is 1.60. The van der Waals surface area contributed by atoms with Crippen molar-refractivity contribution in [1.29, 1.82) is 0 Å². The summed E-state index contributed by atoms with van der Waals surface area (Å²) in [5.74, 6) is -1.17. The summed E-state index contributed by atoms with van der Waals surface area (Å²) in [6.07, 6.45) is 1.55. The van der Waals surface area contributed by atoms with Crippen LogP contribution in [0.3, 0.4) is 0 Å². The van der Waals surface area contributed by atoms with Gasteiger partial charge in [0, 0.05) is 13.2 Å². The first-order valence-electron chi connectivity index (χ1n) is 3.43. The number of hydrogen-bond donors (Lipinski definition) is 1. The Morgan fingerprint density at radius 1 is 1.58 bits per heavy atom. The molecule has 1 heterocycles. The van der Waals surface area contributed by atoms with Gasteiger partial charge >= 0.3 is 5.97 Å². The van der Waals surface area contributed by atoms with Crippen LogP contribution in [-0.4, -0.2) is 15.6 Å². The summed E-state index contributed by atoms with van der Waals surface area (Å²) in [4.78, 5) is 21.8. The number of aromatic carboxylic acids is 1. The second kappa shape index (κ2) is 2.81. The number of carboxylic acids is 1. The molecule has 1 aromatic rings. The molecule has 0 fully saturated rings. The molecular weight excluding hydrogens is 158 g/mol. The van der Waals surface area contributed by atoms with E-state index < -0.39 is 11.5 Å². The zero-order valence-electron chi connectivity index (χ0n) is 6.87. The molecule has 4 nitrogen and oxygen atoms in total. The third-order valence-corrected chi connectivity index (χ3v) is 1.69. The molecule has 1 aromatic heterocycles. The van der Waals surface area contributed by atoms with Gasteiger partial charge in [0.15, 0.2) is 0 Å². The maximum absolute atomic E-state index is 11.2. The third kappa shape index (κ3) is 1.23. The maximum Gasteiger partial charge on any atom is 0.341 e. The average molecular weight is 167 g/mol. The fourth-order valence-electron chi connectivity index (χ4n) is 0.980. The summed E-state index contributed by atoms with van der Waals surface area (Å²) in [7, 11) is 1.52. The zero-order chi connectivity index (χ0) is 9.30. The van der Waals surface area contributed by atoms with E-state index in [0.717, 1.165) is 0 Å². The van der Waals surface area contributed by atoms with Gasteiger partial charge in [-0.3, -0.25) is 4.79 Å². The van der Waals surface area contributed by atoms with Crippen molar-refractivity contribution in [3.8, 4) is 0 Å². The van der Waals surface area contributed by atoms with Crippen LogP contribution in [0.2, 0.25) is 0 Å². The number of carboxylic acid groups (broad SMARTS) is 1. The van der Waals surface area contributed by atoms with Crippen molar-refractivity contribution in [1.82, 2.24) is 4.57 Å². The first-order valence-corrected chi connectivity index (χ1v) is 3.43. The molecular formula is C8H9NO3. The Morgan fingerprint density at radius 2 is 2.17 bits per heavy atom. The van der Waals surface area contributed by atoms with Crippen LogP contribution in [0.5, 0.6) is 0 Å². The summed E-state index contributed by atoms with van der Waals surface area (Å²) in [6.45, 7) is 1.60. The smallest absolute Gasteiger partial charge is 0.341 e. The minimum absolute atomic E-state index is 0.153. The van der Waals surface area contributed by atoms with Gasteiger partial charge in [-0.25, -0.2) is 4.79 Å². The van der Waals surface area contributed by atoms with E-state index >= 15 is 0 Å². The van der Waals surface area contributed by atoms with Crippen molar-refractivity contribution >= 4 is 5.97 Å². The van der Waals surface area contributed by atoms with Gasteiger partial charge in [-0.05, 0) is 18.6 Å². The van der Waals surface area contributed by atoms with Crippen LogP contribution in [-0.2, 0) is 7.05 Å². The molecule has 0 amide bonds. The van der Waals surface area contributed by atoms with Gasteiger partial charge < -0.3 is 9.67 Å². The van der Waals surface area contributed by atoms with Crippen molar-refractivity contribution < 1.29 is 9.90 Å². The number of aromatic nitrogens is 1. The quantitative estimate of drug-likeness (QED) is 0.658. The SMILES string of the molecule is Cc1ccn(C)c(=O)c1C(=O)O. The van der Waals surface area contributed by atoms with Gasteiger partial charge in [-0.1, -0.05) is 0 Å². The molecule has 1 rings (SSSR count). The molecule has 0 aliphatic carbocycles. The Bertz CT molecular complexity index is 378. The molecule has 0 unspecified atom stereocenters. The van der Waals surface area contributed by atoms with Crippen LogP contribution in [0.25, 0.3) is 0 Å². The fraction of sp³-hybridized carbons (Fsp3) is 0.250. The molecule has 0 aliphatic rings. The van der Waals surface area contributed by atoms with Gasteiger partial charge in [0.1, 0.15) is 5.56 Å². The molecule has 0 radical (unpaired) electrons. The zero-order valence-corrected chi connectivity index (χ0v) is 6.87. The van der Waals surface area contributed by atoms with Crippen LogP contribution >= 0.6 is 0 Å². The van der Waals surface area contributed by atoms with Crippen LogP contribution in [0.1, 0.15) is 15.9 Å². The lowest BCUT2D eigenvalue weighted by atomic mass is 10.1. The highest BCUT2D eigenvalue weighted by Gasteiger charge is 2.12. The second-order valence-corrected chi connectivity index (χ2v) is 2.59. The van der Waals surface area contributed by atoms with E-state index in [0.29, 0.717) is 5.56 Å². The normalized spacial score (nSPS) is 9.83. The maximum atomic E-state index is 11.2. The molecule has 12 heavy (non-hydrogen) atoms. The molecule has 0 aliphatic heterocycles. The Labute approximate surface area is 69.1 Å². The molecule has 0 saturated heterocycles.